The van der Waals surface area contributed by atoms with E-state index in [9.17, 15) is 0 Å². The minimum atomic E-state index is -0.584. The number of para-hydroxylation sites is 2. The molecule has 0 fully saturated rings. The van der Waals surface area contributed by atoms with Crippen LogP contribution in [0, 0.1) is 0 Å². The Labute approximate surface area is 203 Å². The van der Waals surface area contributed by atoms with E-state index in [1.54, 1.807) is 0 Å². The van der Waals surface area contributed by atoms with Crippen LogP contribution >= 0.6 is 7.92 Å². The van der Waals surface area contributed by atoms with Crippen molar-refractivity contribution in [1.82, 2.24) is 0 Å². The van der Waals surface area contributed by atoms with Gasteiger partial charge in [0.05, 0.1) is 5.56 Å². The molecular weight excluding hydrogens is 439 g/mol. The van der Waals surface area contributed by atoms with Gasteiger partial charge in [-0.3, -0.25) is 0 Å². The molecule has 1 unspecified atom stereocenters. The highest BCUT2D eigenvalue weighted by Crippen LogP contribution is 2.60. The van der Waals surface area contributed by atoms with Gasteiger partial charge >= 0.3 is 0 Å². The first-order valence-electron chi connectivity index (χ1n) is 11.6. The zero-order valence-electron chi connectivity index (χ0n) is 20.0. The Morgan fingerprint density at radius 1 is 0.676 bits per heavy atom. The summed E-state index contributed by atoms with van der Waals surface area (Å²) in [4.78, 5) is 0. The molecule has 4 heteroatoms. The Kier molecular flexibility index (Phi) is 6.06. The van der Waals surface area contributed by atoms with Crippen molar-refractivity contribution in [1.29, 1.82) is 0 Å². The lowest BCUT2D eigenvalue weighted by Gasteiger charge is -2.31. The number of fused-ring (bicyclic) bond motifs is 1. The van der Waals surface area contributed by atoms with E-state index in [2.05, 4.69) is 45.9 Å². The minimum absolute atomic E-state index is 0.0891. The summed E-state index contributed by atoms with van der Waals surface area (Å²) in [5, 5.41) is 1.37. The van der Waals surface area contributed by atoms with E-state index in [-0.39, 0.29) is 11.0 Å². The second-order valence-electron chi connectivity index (χ2n) is 9.37. The van der Waals surface area contributed by atoms with Crippen LogP contribution in [-0.4, -0.2) is 11.0 Å². The molecule has 2 atom stereocenters. The molecule has 0 saturated carbocycles. The lowest BCUT2D eigenvalue weighted by atomic mass is 10.0. The first-order chi connectivity index (χ1) is 16.4. The van der Waals surface area contributed by atoms with Gasteiger partial charge in [-0.15, -0.1) is 0 Å². The zero-order chi connectivity index (χ0) is 23.7. The first kappa shape index (κ1) is 22.5. The lowest BCUT2D eigenvalue weighted by molar-refractivity contribution is 0.313. The fourth-order valence-electron chi connectivity index (χ4n) is 4.54. The number of ether oxygens (including phenoxy) is 3. The topological polar surface area (TPSA) is 27.7 Å². The summed E-state index contributed by atoms with van der Waals surface area (Å²) in [5.74, 6) is 4.21. The monoisotopic (exact) mass is 468 g/mol. The van der Waals surface area contributed by atoms with Crippen molar-refractivity contribution in [3.8, 4) is 39.9 Å². The fraction of sp³-hybridized carbons (Fsp3) is 0.200. The molecule has 0 radical (unpaired) electrons. The van der Waals surface area contributed by atoms with Crippen LogP contribution in [0.2, 0.25) is 0 Å². The molecule has 0 spiro atoms. The largest absolute Gasteiger partial charge is 0.485 e. The summed E-state index contributed by atoms with van der Waals surface area (Å²) in [5.41, 5.74) is 2.06. The summed E-state index contributed by atoms with van der Waals surface area (Å²) >= 11 is 0. The smallest absolute Gasteiger partial charge is 0.139 e. The number of hydrogen-bond acceptors (Lipinski definition) is 3. The van der Waals surface area contributed by atoms with E-state index in [0.717, 1.165) is 39.9 Å². The molecule has 0 N–H and O–H groups in total. The number of rotatable bonds is 5. The van der Waals surface area contributed by atoms with Crippen molar-refractivity contribution in [3.63, 3.8) is 0 Å². The molecule has 1 aliphatic rings. The third-order valence-electron chi connectivity index (χ3n) is 5.82. The molecule has 5 rings (SSSR count). The zero-order valence-corrected chi connectivity index (χ0v) is 20.9. The van der Waals surface area contributed by atoms with Crippen LogP contribution in [0.15, 0.2) is 97.1 Å². The van der Waals surface area contributed by atoms with Crippen LogP contribution in [0.4, 0.5) is 0 Å². The van der Waals surface area contributed by atoms with Crippen molar-refractivity contribution in [2.45, 2.75) is 38.7 Å². The summed E-state index contributed by atoms with van der Waals surface area (Å²) in [6, 6.07) is 32.1. The van der Waals surface area contributed by atoms with Crippen LogP contribution in [0.1, 0.15) is 27.7 Å². The summed E-state index contributed by atoms with van der Waals surface area (Å²) < 4.78 is 19.2. The van der Waals surface area contributed by atoms with Gasteiger partial charge in [0.25, 0.3) is 0 Å². The average molecular weight is 469 g/mol. The van der Waals surface area contributed by atoms with E-state index < -0.39 is 7.92 Å². The molecule has 4 aromatic rings. The highest BCUT2D eigenvalue weighted by Gasteiger charge is 2.41. The molecule has 34 heavy (non-hydrogen) atoms. The van der Waals surface area contributed by atoms with Crippen LogP contribution in [0.25, 0.3) is 11.1 Å². The van der Waals surface area contributed by atoms with Gasteiger partial charge in [0.1, 0.15) is 34.6 Å². The van der Waals surface area contributed by atoms with E-state index in [0.29, 0.717) is 0 Å². The van der Waals surface area contributed by atoms with Crippen molar-refractivity contribution >= 4 is 13.2 Å². The van der Waals surface area contributed by atoms with E-state index in [1.165, 1.54) is 5.30 Å². The molecule has 0 bridgehead atoms. The molecule has 4 aromatic carbocycles. The fourth-order valence-corrected chi connectivity index (χ4v) is 7.70. The minimum Gasteiger partial charge on any atom is -0.485 e. The molecule has 0 saturated heterocycles. The van der Waals surface area contributed by atoms with Crippen LogP contribution in [-0.2, 0) is 0 Å². The van der Waals surface area contributed by atoms with E-state index in [1.807, 2.05) is 78.9 Å². The Bertz CT molecular complexity index is 1220. The maximum atomic E-state index is 6.44. The van der Waals surface area contributed by atoms with Gasteiger partial charge in [0.2, 0.25) is 0 Å². The average Bonchev–Trinajstić information content (AvgIpc) is 3.17. The highest BCUT2D eigenvalue weighted by atomic mass is 31.1. The van der Waals surface area contributed by atoms with Gasteiger partial charge < -0.3 is 14.2 Å². The summed E-state index contributed by atoms with van der Waals surface area (Å²) in [6.45, 7) is 9.10. The van der Waals surface area contributed by atoms with Crippen LogP contribution in [0.3, 0.4) is 0 Å². The van der Waals surface area contributed by atoms with Gasteiger partial charge in [-0.1, -0.05) is 75.4 Å². The van der Waals surface area contributed by atoms with Gasteiger partial charge in [0, 0.05) is 10.9 Å². The van der Waals surface area contributed by atoms with E-state index >= 15 is 0 Å². The van der Waals surface area contributed by atoms with Gasteiger partial charge in [-0.2, -0.15) is 0 Å². The molecule has 172 valence electrons. The predicted octanol–water partition coefficient (Wildman–Crippen LogP) is 8.58. The third-order valence-corrected chi connectivity index (χ3v) is 9.04. The van der Waals surface area contributed by atoms with Crippen LogP contribution < -0.4 is 19.5 Å². The molecule has 0 aliphatic carbocycles. The Morgan fingerprint density at radius 3 is 1.74 bits per heavy atom. The Balaban J connectivity index is 1.71. The van der Waals surface area contributed by atoms with Crippen molar-refractivity contribution in [2.75, 3.05) is 0 Å². The lowest BCUT2D eigenvalue weighted by Crippen LogP contribution is -2.23. The first-order valence-corrected chi connectivity index (χ1v) is 13.0. The van der Waals surface area contributed by atoms with Gasteiger partial charge in [0.15, 0.2) is 0 Å². The SMILES string of the molecule is CC1Oc2cccc(-c3c(Oc4ccccc4)cccc3Oc3ccccc3)c2[P@]1C(C)(C)C. The molecule has 1 heterocycles. The van der Waals surface area contributed by atoms with Crippen molar-refractivity contribution < 1.29 is 14.2 Å². The number of hydrogen-bond donors (Lipinski definition) is 0. The van der Waals surface area contributed by atoms with Crippen LogP contribution in [0.5, 0.6) is 28.7 Å². The quantitative estimate of drug-likeness (QED) is 0.275. The van der Waals surface area contributed by atoms with Gasteiger partial charge in [-0.25, -0.2) is 0 Å². The summed E-state index contributed by atoms with van der Waals surface area (Å²) in [7, 11) is -0.584. The van der Waals surface area contributed by atoms with E-state index in [4.69, 9.17) is 14.2 Å². The predicted molar refractivity (Wildman–Crippen MR) is 141 cm³/mol. The highest BCUT2D eigenvalue weighted by molar-refractivity contribution is 7.68. The molecule has 0 aromatic heterocycles. The molecular formula is C30H29O3P. The standard InChI is InChI=1S/C30H29O3P/c1-21-31-27-20-11-17-24(29(27)34(21)30(2,3)4)28-25(32-22-13-7-5-8-14-22)18-12-19-26(28)33-23-15-9-6-10-16-23/h5-21H,1-4H3/t21?,34-/m1/s1. The second-order valence-corrected chi connectivity index (χ2v) is 12.6. The normalized spacial score (nSPS) is 17.1. The van der Waals surface area contributed by atoms with Gasteiger partial charge in [-0.05, 0) is 62.5 Å². The Hall–Kier alpha value is -3.29. The number of benzene rings is 4. The summed E-state index contributed by atoms with van der Waals surface area (Å²) in [6.07, 6.45) is 0. The van der Waals surface area contributed by atoms with Crippen molar-refractivity contribution in [2.24, 2.45) is 0 Å². The second kappa shape index (κ2) is 9.16. The Morgan fingerprint density at radius 2 is 1.21 bits per heavy atom. The molecule has 0 amide bonds. The molecule has 1 aliphatic heterocycles. The van der Waals surface area contributed by atoms with Crippen molar-refractivity contribution in [3.05, 3.63) is 97.1 Å². The maximum Gasteiger partial charge on any atom is 0.139 e. The maximum absolute atomic E-state index is 6.44. The molecule has 3 nitrogen and oxygen atoms in total. The third kappa shape index (κ3) is 4.41.